The SMILES string of the molecule is [C]1=NNc2ccccc2C=C1. The predicted molar refractivity (Wildman–Crippen MR) is 46.5 cm³/mol. The number of para-hydroxylation sites is 1. The van der Waals surface area contributed by atoms with Crippen LogP contribution in [0.25, 0.3) is 6.08 Å². The van der Waals surface area contributed by atoms with Crippen molar-refractivity contribution in [3.8, 4) is 0 Å². The molecule has 0 amide bonds. The molecule has 0 saturated heterocycles. The molecule has 0 atom stereocenters. The molecule has 0 unspecified atom stereocenters. The first kappa shape index (κ1) is 6.16. The summed E-state index contributed by atoms with van der Waals surface area (Å²) in [5.74, 6) is 0. The zero-order valence-corrected chi connectivity index (χ0v) is 5.91. The fourth-order valence-electron chi connectivity index (χ4n) is 1.00. The summed E-state index contributed by atoms with van der Waals surface area (Å²) < 4.78 is 0. The average Bonchev–Trinajstić information content (AvgIpc) is 2.28. The lowest BCUT2D eigenvalue weighted by atomic mass is 10.2. The van der Waals surface area contributed by atoms with Crippen molar-refractivity contribution in [2.45, 2.75) is 0 Å². The Labute approximate surface area is 65.2 Å². The van der Waals surface area contributed by atoms with Gasteiger partial charge in [0.15, 0.2) is 0 Å². The van der Waals surface area contributed by atoms with Crippen LogP contribution in [0.4, 0.5) is 5.69 Å². The average molecular weight is 143 g/mol. The second-order valence-electron chi connectivity index (χ2n) is 2.27. The molecule has 1 N–H and O–H groups in total. The van der Waals surface area contributed by atoms with E-state index in [0.29, 0.717) is 0 Å². The molecule has 0 fully saturated rings. The van der Waals surface area contributed by atoms with Crippen LogP contribution in [-0.4, -0.2) is 6.21 Å². The van der Waals surface area contributed by atoms with Crippen molar-refractivity contribution in [1.29, 1.82) is 0 Å². The van der Waals surface area contributed by atoms with E-state index in [2.05, 4.69) is 16.7 Å². The van der Waals surface area contributed by atoms with E-state index in [1.165, 1.54) is 0 Å². The largest absolute Gasteiger partial charge is 0.277 e. The van der Waals surface area contributed by atoms with Gasteiger partial charge in [-0.15, -0.1) is 0 Å². The fourth-order valence-corrected chi connectivity index (χ4v) is 1.00. The summed E-state index contributed by atoms with van der Waals surface area (Å²) in [5.41, 5.74) is 5.04. The van der Waals surface area contributed by atoms with Gasteiger partial charge >= 0.3 is 0 Å². The van der Waals surface area contributed by atoms with E-state index >= 15 is 0 Å². The van der Waals surface area contributed by atoms with Crippen LogP contribution in [0.5, 0.6) is 0 Å². The van der Waals surface area contributed by atoms with Crippen molar-refractivity contribution >= 4 is 18.0 Å². The van der Waals surface area contributed by atoms with Crippen LogP contribution in [-0.2, 0) is 0 Å². The smallest absolute Gasteiger partial charge is 0.111 e. The summed E-state index contributed by atoms with van der Waals surface area (Å²) in [6.45, 7) is 0. The van der Waals surface area contributed by atoms with Crippen molar-refractivity contribution in [3.05, 3.63) is 35.9 Å². The summed E-state index contributed by atoms with van der Waals surface area (Å²) in [6, 6.07) is 7.98. The van der Waals surface area contributed by atoms with E-state index in [1.807, 2.05) is 30.3 Å². The van der Waals surface area contributed by atoms with Gasteiger partial charge in [-0.3, -0.25) is 5.43 Å². The standard InChI is InChI=1S/C9H7N2/c1-2-6-9-8(4-1)5-3-7-10-11-9/h1-6,11H. The molecule has 0 spiro atoms. The summed E-state index contributed by atoms with van der Waals surface area (Å²) in [4.78, 5) is 0. The van der Waals surface area contributed by atoms with Gasteiger partial charge in [-0.2, -0.15) is 5.10 Å². The Hall–Kier alpha value is -1.57. The van der Waals surface area contributed by atoms with Crippen LogP contribution in [0, 0.1) is 0 Å². The first-order chi connectivity index (χ1) is 5.47. The molecule has 2 nitrogen and oxygen atoms in total. The Kier molecular flexibility index (Phi) is 1.44. The first-order valence-corrected chi connectivity index (χ1v) is 3.44. The van der Waals surface area contributed by atoms with Gasteiger partial charge in [0.1, 0.15) is 6.21 Å². The Morgan fingerprint density at radius 2 is 2.18 bits per heavy atom. The summed E-state index contributed by atoms with van der Waals surface area (Å²) >= 11 is 0. The lowest BCUT2D eigenvalue weighted by Gasteiger charge is -2.00. The number of hydrogen-bond acceptors (Lipinski definition) is 2. The highest BCUT2D eigenvalue weighted by Gasteiger charge is 1.96. The molecular weight excluding hydrogens is 136 g/mol. The molecule has 2 heteroatoms. The minimum Gasteiger partial charge on any atom is -0.277 e. The quantitative estimate of drug-likeness (QED) is 0.590. The molecule has 1 aromatic rings. The van der Waals surface area contributed by atoms with E-state index in [4.69, 9.17) is 0 Å². The van der Waals surface area contributed by atoms with Crippen LogP contribution in [0.15, 0.2) is 35.4 Å². The minimum atomic E-state index is 1.02. The summed E-state index contributed by atoms with van der Waals surface area (Å²) in [7, 11) is 0. The third kappa shape index (κ3) is 1.15. The molecule has 0 aliphatic carbocycles. The van der Waals surface area contributed by atoms with Gasteiger partial charge in [0, 0.05) is 0 Å². The third-order valence-electron chi connectivity index (χ3n) is 1.54. The third-order valence-corrected chi connectivity index (χ3v) is 1.54. The van der Waals surface area contributed by atoms with Gasteiger partial charge in [0.05, 0.1) is 5.69 Å². The van der Waals surface area contributed by atoms with E-state index in [1.54, 1.807) is 6.08 Å². The highest BCUT2D eigenvalue weighted by Crippen LogP contribution is 2.17. The molecule has 1 heterocycles. The maximum atomic E-state index is 3.83. The molecule has 0 bridgehead atoms. The highest BCUT2D eigenvalue weighted by atomic mass is 15.3. The molecule has 2 rings (SSSR count). The van der Waals surface area contributed by atoms with Gasteiger partial charge in [-0.25, -0.2) is 0 Å². The number of rotatable bonds is 0. The number of benzene rings is 1. The van der Waals surface area contributed by atoms with Crippen LogP contribution in [0.3, 0.4) is 0 Å². The van der Waals surface area contributed by atoms with Crippen molar-refractivity contribution in [1.82, 2.24) is 0 Å². The van der Waals surface area contributed by atoms with Crippen molar-refractivity contribution < 1.29 is 0 Å². The molecular formula is C9H7N2. The van der Waals surface area contributed by atoms with E-state index in [0.717, 1.165) is 11.3 Å². The number of fused-ring (bicyclic) bond motifs is 1. The van der Waals surface area contributed by atoms with Crippen molar-refractivity contribution in [2.75, 3.05) is 5.43 Å². The number of anilines is 1. The van der Waals surface area contributed by atoms with Crippen molar-refractivity contribution in [3.63, 3.8) is 0 Å². The molecule has 1 aliphatic rings. The van der Waals surface area contributed by atoms with Crippen LogP contribution in [0.2, 0.25) is 0 Å². The van der Waals surface area contributed by atoms with Crippen LogP contribution < -0.4 is 5.43 Å². The number of nitrogens with zero attached hydrogens (tertiary/aromatic N) is 1. The maximum Gasteiger partial charge on any atom is 0.111 e. The van der Waals surface area contributed by atoms with Gasteiger partial charge in [-0.05, 0) is 17.7 Å². The molecule has 0 saturated carbocycles. The summed E-state index contributed by atoms with van der Waals surface area (Å²) in [6.07, 6.45) is 6.49. The molecule has 0 aromatic heterocycles. The fraction of sp³-hybridized carbons (Fsp3) is 0. The van der Waals surface area contributed by atoms with E-state index < -0.39 is 0 Å². The molecule has 1 radical (unpaired) electrons. The lowest BCUT2D eigenvalue weighted by molar-refractivity contribution is 1.36. The zero-order valence-electron chi connectivity index (χ0n) is 5.91. The van der Waals surface area contributed by atoms with Gasteiger partial charge < -0.3 is 0 Å². The van der Waals surface area contributed by atoms with Gasteiger partial charge in [-0.1, -0.05) is 24.3 Å². The topological polar surface area (TPSA) is 24.4 Å². The summed E-state index contributed by atoms with van der Waals surface area (Å²) in [5, 5.41) is 3.83. The lowest BCUT2D eigenvalue weighted by Crippen LogP contribution is -1.87. The van der Waals surface area contributed by atoms with Gasteiger partial charge in [0.25, 0.3) is 0 Å². The monoisotopic (exact) mass is 143 g/mol. The highest BCUT2D eigenvalue weighted by molar-refractivity contribution is 5.83. The van der Waals surface area contributed by atoms with E-state index in [9.17, 15) is 0 Å². The number of allylic oxidation sites excluding steroid dienone is 1. The van der Waals surface area contributed by atoms with Crippen LogP contribution in [0.1, 0.15) is 5.56 Å². The number of nitrogens with one attached hydrogen (secondary N) is 1. The molecule has 1 aliphatic heterocycles. The second-order valence-corrected chi connectivity index (χ2v) is 2.27. The Morgan fingerprint density at radius 1 is 1.27 bits per heavy atom. The molecule has 53 valence electrons. The number of hydrazone groups is 1. The maximum absolute atomic E-state index is 3.83. The predicted octanol–water partition coefficient (Wildman–Crippen LogP) is 1.99. The van der Waals surface area contributed by atoms with Crippen LogP contribution >= 0.6 is 0 Å². The Bertz CT molecular complexity index is 313. The molecule has 11 heavy (non-hydrogen) atoms. The second kappa shape index (κ2) is 2.58. The Morgan fingerprint density at radius 3 is 3.18 bits per heavy atom. The molecule has 1 aromatic carbocycles. The van der Waals surface area contributed by atoms with Gasteiger partial charge in [0.2, 0.25) is 0 Å². The zero-order chi connectivity index (χ0) is 7.52. The van der Waals surface area contributed by atoms with E-state index in [-0.39, 0.29) is 0 Å². The van der Waals surface area contributed by atoms with Crippen molar-refractivity contribution in [2.24, 2.45) is 5.10 Å². The normalized spacial score (nSPS) is 13.5. The Balaban J connectivity index is 2.52. The number of hydrogen-bond donors (Lipinski definition) is 1. The first-order valence-electron chi connectivity index (χ1n) is 3.44. The minimum absolute atomic E-state index is 1.02.